The van der Waals surface area contributed by atoms with Crippen LogP contribution in [0.5, 0.6) is 0 Å². The Balaban J connectivity index is 1.16. The molecule has 162 valence electrons. The van der Waals surface area contributed by atoms with E-state index in [2.05, 4.69) is 44.7 Å². The molecule has 1 fully saturated rings. The highest BCUT2D eigenvalue weighted by molar-refractivity contribution is 7.18. The molecular weight excluding hydrogens is 412 g/mol. The second-order valence-electron chi connectivity index (χ2n) is 7.45. The van der Waals surface area contributed by atoms with E-state index in [0.717, 1.165) is 39.3 Å². The maximum absolute atomic E-state index is 12.4. The number of anilines is 1. The lowest BCUT2D eigenvalue weighted by Crippen LogP contribution is -2.48. The van der Waals surface area contributed by atoms with Crippen molar-refractivity contribution in [3.63, 3.8) is 0 Å². The van der Waals surface area contributed by atoms with Crippen molar-refractivity contribution in [1.29, 1.82) is 0 Å². The van der Waals surface area contributed by atoms with Crippen molar-refractivity contribution in [1.82, 2.24) is 15.1 Å². The second-order valence-corrected chi connectivity index (χ2v) is 8.54. The first-order chi connectivity index (χ1) is 15.2. The quantitative estimate of drug-likeness (QED) is 0.565. The van der Waals surface area contributed by atoms with Gasteiger partial charge in [-0.25, -0.2) is 0 Å². The third-order valence-corrected chi connectivity index (χ3v) is 6.24. The van der Waals surface area contributed by atoms with E-state index in [9.17, 15) is 9.59 Å². The largest absolute Gasteiger partial charge is 0.459 e. The molecule has 8 heteroatoms. The Labute approximate surface area is 185 Å². The molecule has 0 bridgehead atoms. The zero-order valence-electron chi connectivity index (χ0n) is 17.3. The molecule has 2 amide bonds. The first kappa shape index (κ1) is 21.3. The fourth-order valence-corrected chi connectivity index (χ4v) is 4.35. The van der Waals surface area contributed by atoms with E-state index in [1.54, 1.807) is 24.3 Å². The average Bonchev–Trinajstić information content (AvgIpc) is 3.48. The molecular formula is C23H26N4O3S. The minimum atomic E-state index is -0.329. The number of nitrogens with zero attached hydrogens (tertiary/aromatic N) is 2. The van der Waals surface area contributed by atoms with Crippen LogP contribution >= 0.6 is 11.3 Å². The van der Waals surface area contributed by atoms with Crippen molar-refractivity contribution in [2.45, 2.75) is 6.54 Å². The van der Waals surface area contributed by atoms with Crippen molar-refractivity contribution in [2.75, 3.05) is 44.6 Å². The molecule has 0 atom stereocenters. The Morgan fingerprint density at radius 1 is 0.903 bits per heavy atom. The van der Waals surface area contributed by atoms with Gasteiger partial charge in [0.1, 0.15) is 0 Å². The summed E-state index contributed by atoms with van der Waals surface area (Å²) in [6.07, 6.45) is 1.45. The predicted octanol–water partition coefficient (Wildman–Crippen LogP) is 3.14. The second kappa shape index (κ2) is 10.4. The van der Waals surface area contributed by atoms with E-state index < -0.39 is 0 Å². The number of carbonyl (C=O) groups is 2. The number of hydrogen-bond donors (Lipinski definition) is 2. The van der Waals surface area contributed by atoms with Crippen LogP contribution in [0.1, 0.15) is 25.8 Å². The number of piperazine rings is 1. The lowest BCUT2D eigenvalue weighted by molar-refractivity contribution is 0.0937. The Morgan fingerprint density at radius 3 is 2.42 bits per heavy atom. The zero-order valence-corrected chi connectivity index (χ0v) is 18.1. The van der Waals surface area contributed by atoms with Crippen molar-refractivity contribution >= 4 is 28.2 Å². The minimum absolute atomic E-state index is 0.119. The molecule has 1 aliphatic rings. The smallest absolute Gasteiger partial charge is 0.291 e. The van der Waals surface area contributed by atoms with Gasteiger partial charge in [-0.3, -0.25) is 19.4 Å². The number of thiophene rings is 1. The van der Waals surface area contributed by atoms with Crippen LogP contribution in [0.4, 0.5) is 5.00 Å². The summed E-state index contributed by atoms with van der Waals surface area (Å²) >= 11 is 1.25. The van der Waals surface area contributed by atoms with Crippen LogP contribution in [0.2, 0.25) is 0 Å². The standard InChI is InChI=1S/C23H26N4O3S/c28-22(19-7-4-16-30-19)25-21-9-8-20(31-21)23(29)24-10-11-26-12-14-27(15-13-26)17-18-5-2-1-3-6-18/h1-9,16H,10-15,17H2,(H,24,29)(H,25,28). The van der Waals surface area contributed by atoms with Gasteiger partial charge in [-0.1, -0.05) is 30.3 Å². The molecule has 0 spiro atoms. The summed E-state index contributed by atoms with van der Waals surface area (Å²) in [5.74, 6) is -0.209. The van der Waals surface area contributed by atoms with E-state index in [0.29, 0.717) is 16.4 Å². The Bertz CT molecular complexity index is 979. The van der Waals surface area contributed by atoms with Gasteiger partial charge in [0.05, 0.1) is 16.1 Å². The first-order valence-electron chi connectivity index (χ1n) is 10.4. The summed E-state index contributed by atoms with van der Waals surface area (Å²) in [5.41, 5.74) is 1.35. The predicted molar refractivity (Wildman–Crippen MR) is 121 cm³/mol. The summed E-state index contributed by atoms with van der Waals surface area (Å²) < 4.78 is 5.07. The van der Waals surface area contributed by atoms with Crippen molar-refractivity contribution in [2.24, 2.45) is 0 Å². The molecule has 7 nitrogen and oxygen atoms in total. The SMILES string of the molecule is O=C(Nc1ccc(C(=O)NCCN2CCN(Cc3ccccc3)CC2)s1)c1ccco1. The number of rotatable bonds is 8. The lowest BCUT2D eigenvalue weighted by Gasteiger charge is -2.34. The average molecular weight is 439 g/mol. The number of amides is 2. The van der Waals surface area contributed by atoms with Crippen LogP contribution < -0.4 is 10.6 Å². The maximum atomic E-state index is 12.4. The van der Waals surface area contributed by atoms with Gasteiger partial charge < -0.3 is 15.1 Å². The van der Waals surface area contributed by atoms with Crippen LogP contribution in [0.25, 0.3) is 0 Å². The molecule has 1 aromatic carbocycles. The molecule has 1 aliphatic heterocycles. The fraction of sp³-hybridized carbons (Fsp3) is 0.304. The molecule has 0 radical (unpaired) electrons. The number of furan rings is 1. The maximum Gasteiger partial charge on any atom is 0.291 e. The van der Waals surface area contributed by atoms with Gasteiger partial charge in [-0.15, -0.1) is 11.3 Å². The number of benzene rings is 1. The molecule has 2 N–H and O–H groups in total. The molecule has 4 rings (SSSR count). The van der Waals surface area contributed by atoms with Crippen molar-refractivity contribution in [3.05, 3.63) is 77.1 Å². The van der Waals surface area contributed by atoms with Gasteiger partial charge in [0.2, 0.25) is 0 Å². The van der Waals surface area contributed by atoms with E-state index in [1.165, 1.54) is 23.2 Å². The van der Waals surface area contributed by atoms with Crippen LogP contribution in [0, 0.1) is 0 Å². The molecule has 1 saturated heterocycles. The zero-order chi connectivity index (χ0) is 21.5. The van der Waals surface area contributed by atoms with Gasteiger partial charge in [0.25, 0.3) is 11.8 Å². The Hall–Kier alpha value is -2.94. The summed E-state index contributed by atoms with van der Waals surface area (Å²) in [5, 5.41) is 6.33. The fourth-order valence-electron chi connectivity index (χ4n) is 3.54. The number of hydrogen-bond acceptors (Lipinski definition) is 6. The van der Waals surface area contributed by atoms with E-state index in [4.69, 9.17) is 4.42 Å². The topological polar surface area (TPSA) is 77.8 Å². The van der Waals surface area contributed by atoms with E-state index >= 15 is 0 Å². The van der Waals surface area contributed by atoms with E-state index in [1.807, 2.05) is 6.07 Å². The van der Waals surface area contributed by atoms with Gasteiger partial charge in [-0.2, -0.15) is 0 Å². The third kappa shape index (κ3) is 6.04. The molecule has 0 saturated carbocycles. The van der Waals surface area contributed by atoms with Crippen LogP contribution in [-0.2, 0) is 6.54 Å². The number of carbonyl (C=O) groups excluding carboxylic acids is 2. The van der Waals surface area contributed by atoms with Gasteiger partial charge >= 0.3 is 0 Å². The molecule has 31 heavy (non-hydrogen) atoms. The number of nitrogens with one attached hydrogen (secondary N) is 2. The minimum Gasteiger partial charge on any atom is -0.459 e. The third-order valence-electron chi connectivity index (χ3n) is 5.24. The summed E-state index contributed by atoms with van der Waals surface area (Å²) in [7, 11) is 0. The molecule has 3 aromatic rings. The Morgan fingerprint density at radius 2 is 1.68 bits per heavy atom. The van der Waals surface area contributed by atoms with Crippen molar-refractivity contribution < 1.29 is 14.0 Å². The molecule has 3 heterocycles. The Kier molecular flexibility index (Phi) is 7.14. The van der Waals surface area contributed by atoms with Gasteiger partial charge in [0, 0.05) is 45.8 Å². The van der Waals surface area contributed by atoms with Crippen LogP contribution in [0.3, 0.4) is 0 Å². The van der Waals surface area contributed by atoms with Crippen molar-refractivity contribution in [3.8, 4) is 0 Å². The molecule has 2 aromatic heterocycles. The highest BCUT2D eigenvalue weighted by Crippen LogP contribution is 2.22. The van der Waals surface area contributed by atoms with E-state index in [-0.39, 0.29) is 17.6 Å². The van der Waals surface area contributed by atoms with Gasteiger partial charge in [-0.05, 0) is 29.8 Å². The highest BCUT2D eigenvalue weighted by Gasteiger charge is 2.17. The lowest BCUT2D eigenvalue weighted by atomic mass is 10.2. The van der Waals surface area contributed by atoms with Crippen LogP contribution in [-0.4, -0.2) is 60.9 Å². The molecule has 0 unspecified atom stereocenters. The monoisotopic (exact) mass is 438 g/mol. The summed E-state index contributed by atoms with van der Waals surface area (Å²) in [6.45, 7) is 6.50. The highest BCUT2D eigenvalue weighted by atomic mass is 32.1. The van der Waals surface area contributed by atoms with Gasteiger partial charge in [0.15, 0.2) is 5.76 Å². The van der Waals surface area contributed by atoms with Crippen LogP contribution in [0.15, 0.2) is 65.3 Å². The normalized spacial score (nSPS) is 15.0. The summed E-state index contributed by atoms with van der Waals surface area (Å²) in [4.78, 5) is 29.8. The first-order valence-corrected chi connectivity index (χ1v) is 11.2. The molecule has 0 aliphatic carbocycles. The summed E-state index contributed by atoms with van der Waals surface area (Å²) in [6, 6.07) is 17.2.